The first-order chi connectivity index (χ1) is 42.6. The van der Waals surface area contributed by atoms with Crippen molar-refractivity contribution >= 4 is 17.9 Å². The van der Waals surface area contributed by atoms with Crippen molar-refractivity contribution in [3.63, 3.8) is 0 Å². The standard InChI is InChI=1S/C78H121NO8/c1-6-8-10-12-14-16-18-20-22-24-26-28-30-32-34-35-36-37-38-39-40-41-43-45-47-49-51-53-55-57-59-61-63-65-67-69-76(81)87-74(73-86-78(77(82)83)84-71-70-79(3,4)5)72-85-75(80)68-66-64-62-60-58-56-54-52-50-48-46-44-42-33-31-29-27-25-23-21-19-17-15-13-11-9-7-2/h8-11,14-17,20-23,26-29,32-34,36-37,39-40,42-43,45-46,48-49,51,55,57,74,78H,6-7,12-13,18-19,24-25,30-31,35,38,41,44,47,50,52-54,56,58-73H2,1-5H3/b10-8-,11-9-,16-14-,17-15-,22-20-,23-21-,28-26-,29-27-,34-32-,37-36-,40-39-,42-33-,45-43-,48-46-,51-49-,57-55-. The lowest BCUT2D eigenvalue weighted by Crippen LogP contribution is -2.44. The fraction of sp³-hybridized carbons (Fsp3) is 0.551. The molecule has 9 nitrogen and oxygen atoms in total. The molecule has 0 radical (unpaired) electrons. The fourth-order valence-corrected chi connectivity index (χ4v) is 8.27. The molecule has 0 aliphatic carbocycles. The van der Waals surface area contributed by atoms with Crippen LogP contribution in [-0.2, 0) is 33.3 Å². The van der Waals surface area contributed by atoms with E-state index in [9.17, 15) is 19.5 Å². The van der Waals surface area contributed by atoms with E-state index >= 15 is 0 Å². The molecule has 0 saturated carbocycles. The minimum atomic E-state index is -1.65. The number of aliphatic carboxylic acids is 1. The number of carboxylic acid groups (broad SMARTS) is 1. The maximum absolute atomic E-state index is 12.9. The Balaban J connectivity index is 4.32. The van der Waals surface area contributed by atoms with E-state index in [2.05, 4.69) is 208 Å². The van der Waals surface area contributed by atoms with E-state index in [1.54, 1.807) is 0 Å². The number of hydrogen-bond donors (Lipinski definition) is 0. The first-order valence-corrected chi connectivity index (χ1v) is 33.6. The average Bonchev–Trinajstić information content (AvgIpc) is 3.56. The van der Waals surface area contributed by atoms with Crippen LogP contribution in [0.1, 0.15) is 219 Å². The summed E-state index contributed by atoms with van der Waals surface area (Å²) in [7, 11) is 5.90. The maximum Gasteiger partial charge on any atom is 0.306 e. The van der Waals surface area contributed by atoms with Crippen LogP contribution in [0.5, 0.6) is 0 Å². The van der Waals surface area contributed by atoms with Crippen molar-refractivity contribution in [1.29, 1.82) is 0 Å². The predicted molar refractivity (Wildman–Crippen MR) is 370 cm³/mol. The zero-order valence-corrected chi connectivity index (χ0v) is 55.3. The van der Waals surface area contributed by atoms with Gasteiger partial charge in [0.1, 0.15) is 13.2 Å². The quantitative estimate of drug-likeness (QED) is 0.0195. The summed E-state index contributed by atoms with van der Waals surface area (Å²) >= 11 is 0. The van der Waals surface area contributed by atoms with E-state index in [0.717, 1.165) is 154 Å². The van der Waals surface area contributed by atoms with Gasteiger partial charge in [-0.05, 0) is 141 Å². The topological polar surface area (TPSA) is 111 Å². The molecule has 0 amide bonds. The third-order valence-electron chi connectivity index (χ3n) is 13.3. The summed E-state index contributed by atoms with van der Waals surface area (Å²) in [6.45, 7) is 4.45. The summed E-state index contributed by atoms with van der Waals surface area (Å²) in [5.74, 6) is -2.35. The SMILES string of the molecule is CC/C=C\C/C=C\C/C=C\C/C=C\C/C=C\C/C=C\C/C=C\C/C=C\C/C=C\C/C=C\CCCCCCC(=O)OC(COC(=O)CCCCCCCCCC/C=C\C/C=C\C/C=C\C/C=C\C/C=C\C/C=C\CC)COC(OCC[N+](C)(C)C)C(=O)[O-]. The van der Waals surface area contributed by atoms with Crippen molar-refractivity contribution in [2.45, 2.75) is 232 Å². The van der Waals surface area contributed by atoms with Gasteiger partial charge in [0.25, 0.3) is 0 Å². The second kappa shape index (κ2) is 66.1. The van der Waals surface area contributed by atoms with Gasteiger partial charge in [0.15, 0.2) is 12.4 Å². The van der Waals surface area contributed by atoms with Gasteiger partial charge in [-0.1, -0.05) is 260 Å². The van der Waals surface area contributed by atoms with Crippen LogP contribution in [-0.4, -0.2) is 82.3 Å². The Hall–Kier alpha value is -5.87. The summed E-state index contributed by atoms with van der Waals surface area (Å²) < 4.78 is 22.7. The molecule has 0 heterocycles. The summed E-state index contributed by atoms with van der Waals surface area (Å²) in [4.78, 5) is 37.5. The zero-order valence-electron chi connectivity index (χ0n) is 55.3. The number of hydrogen-bond acceptors (Lipinski definition) is 8. The van der Waals surface area contributed by atoms with Gasteiger partial charge in [-0.15, -0.1) is 0 Å². The normalized spacial score (nSPS) is 14.0. The Labute approximate surface area is 532 Å². The molecule has 0 aromatic heterocycles. The predicted octanol–water partition coefficient (Wildman–Crippen LogP) is 19.7. The largest absolute Gasteiger partial charge is 0.545 e. The molecule has 87 heavy (non-hydrogen) atoms. The zero-order chi connectivity index (χ0) is 63.3. The first kappa shape index (κ1) is 81.1. The smallest absolute Gasteiger partial charge is 0.306 e. The second-order valence-corrected chi connectivity index (χ2v) is 22.6. The minimum Gasteiger partial charge on any atom is -0.545 e. The number of quaternary nitrogens is 1. The Morgan fingerprint density at radius 3 is 0.920 bits per heavy atom. The van der Waals surface area contributed by atoms with Gasteiger partial charge in [-0.25, -0.2) is 0 Å². The Kier molecular flexibility index (Phi) is 61.6. The molecule has 486 valence electrons. The fourth-order valence-electron chi connectivity index (χ4n) is 8.27. The van der Waals surface area contributed by atoms with Gasteiger partial charge >= 0.3 is 11.9 Å². The Morgan fingerprint density at radius 2 is 0.621 bits per heavy atom. The van der Waals surface area contributed by atoms with Gasteiger partial charge in [-0.2, -0.15) is 0 Å². The number of esters is 2. The van der Waals surface area contributed by atoms with Crippen molar-refractivity contribution in [2.75, 3.05) is 47.5 Å². The summed E-state index contributed by atoms with van der Waals surface area (Å²) in [6.07, 6.45) is 99.2. The van der Waals surface area contributed by atoms with E-state index in [4.69, 9.17) is 18.9 Å². The van der Waals surface area contributed by atoms with Crippen LogP contribution in [0.15, 0.2) is 194 Å². The van der Waals surface area contributed by atoms with Gasteiger partial charge in [0.05, 0.1) is 40.3 Å². The maximum atomic E-state index is 12.9. The second-order valence-electron chi connectivity index (χ2n) is 22.6. The Bertz CT molecular complexity index is 2130. The molecule has 0 aliphatic rings. The van der Waals surface area contributed by atoms with Gasteiger partial charge < -0.3 is 33.3 Å². The number of allylic oxidation sites excluding steroid dienone is 32. The molecular formula is C78H121NO8. The molecule has 2 atom stereocenters. The number of nitrogens with zero attached hydrogens (tertiary/aromatic N) is 1. The Morgan fingerprint density at radius 1 is 0.345 bits per heavy atom. The van der Waals surface area contributed by atoms with E-state index in [1.165, 1.54) is 25.7 Å². The molecule has 0 bridgehead atoms. The van der Waals surface area contributed by atoms with Crippen LogP contribution < -0.4 is 5.11 Å². The highest BCUT2D eigenvalue weighted by atomic mass is 16.7. The third kappa shape index (κ3) is 67.5. The third-order valence-corrected chi connectivity index (χ3v) is 13.3. The van der Waals surface area contributed by atoms with Gasteiger partial charge in [0.2, 0.25) is 0 Å². The van der Waals surface area contributed by atoms with Gasteiger partial charge in [0, 0.05) is 12.8 Å². The number of carboxylic acids is 1. The van der Waals surface area contributed by atoms with E-state index in [-0.39, 0.29) is 38.6 Å². The number of unbranched alkanes of at least 4 members (excludes halogenated alkanes) is 12. The molecule has 0 rings (SSSR count). The number of carbonyl (C=O) groups is 3. The van der Waals surface area contributed by atoms with Crippen LogP contribution in [0.4, 0.5) is 0 Å². The van der Waals surface area contributed by atoms with Crippen molar-refractivity contribution in [3.05, 3.63) is 194 Å². The highest BCUT2D eigenvalue weighted by Gasteiger charge is 2.22. The van der Waals surface area contributed by atoms with Crippen molar-refractivity contribution in [3.8, 4) is 0 Å². The van der Waals surface area contributed by atoms with E-state index in [1.807, 2.05) is 21.1 Å². The summed E-state index contributed by atoms with van der Waals surface area (Å²) in [6, 6.07) is 0. The highest BCUT2D eigenvalue weighted by Crippen LogP contribution is 2.14. The number of rotatable bonds is 59. The van der Waals surface area contributed by atoms with Crippen LogP contribution in [0, 0.1) is 0 Å². The number of ether oxygens (including phenoxy) is 4. The van der Waals surface area contributed by atoms with Crippen molar-refractivity contribution < 1.29 is 42.9 Å². The molecule has 0 N–H and O–H groups in total. The van der Waals surface area contributed by atoms with E-state index < -0.39 is 24.3 Å². The lowest BCUT2D eigenvalue weighted by molar-refractivity contribution is -0.870. The molecule has 0 saturated heterocycles. The van der Waals surface area contributed by atoms with Gasteiger partial charge in [-0.3, -0.25) is 9.59 Å². The molecule has 9 heteroatoms. The van der Waals surface area contributed by atoms with Crippen molar-refractivity contribution in [2.24, 2.45) is 0 Å². The van der Waals surface area contributed by atoms with E-state index in [0.29, 0.717) is 23.9 Å². The lowest BCUT2D eigenvalue weighted by Gasteiger charge is -2.26. The monoisotopic (exact) mass is 1200 g/mol. The molecule has 0 aromatic rings. The number of likely N-dealkylation sites (N-methyl/N-ethyl adjacent to an activating group) is 1. The minimum absolute atomic E-state index is 0.129. The number of carbonyl (C=O) groups excluding carboxylic acids is 3. The van der Waals surface area contributed by atoms with Crippen molar-refractivity contribution in [1.82, 2.24) is 0 Å². The highest BCUT2D eigenvalue weighted by molar-refractivity contribution is 5.70. The average molecular weight is 1200 g/mol. The summed E-state index contributed by atoms with van der Waals surface area (Å²) in [5, 5.41) is 11.8. The first-order valence-electron chi connectivity index (χ1n) is 33.6. The molecule has 0 aromatic carbocycles. The van der Waals surface area contributed by atoms with Crippen LogP contribution in [0.2, 0.25) is 0 Å². The molecule has 0 spiro atoms. The molecule has 0 fully saturated rings. The lowest BCUT2D eigenvalue weighted by atomic mass is 10.1. The molecule has 0 aliphatic heterocycles. The van der Waals surface area contributed by atoms with Crippen LogP contribution >= 0.6 is 0 Å². The molecular weight excluding hydrogens is 1080 g/mol. The van der Waals surface area contributed by atoms with Crippen LogP contribution in [0.3, 0.4) is 0 Å². The summed E-state index contributed by atoms with van der Waals surface area (Å²) in [5.41, 5.74) is 0. The molecule has 2 unspecified atom stereocenters. The van der Waals surface area contributed by atoms with Crippen LogP contribution in [0.25, 0.3) is 0 Å².